The van der Waals surface area contributed by atoms with E-state index in [1.165, 1.54) is 19.3 Å². The van der Waals surface area contributed by atoms with Crippen molar-refractivity contribution >= 4 is 0 Å². The molecule has 0 aromatic heterocycles. The second kappa shape index (κ2) is 2.23. The predicted octanol–water partition coefficient (Wildman–Crippen LogP) is 1.64. The van der Waals surface area contributed by atoms with Crippen LogP contribution >= 0.6 is 0 Å². The van der Waals surface area contributed by atoms with Crippen molar-refractivity contribution in [1.82, 2.24) is 5.32 Å². The Hall–Kier alpha value is -0.0400. The first-order chi connectivity index (χ1) is 4.83. The second-order valence-electron chi connectivity index (χ2n) is 4.01. The Morgan fingerprint density at radius 2 is 1.90 bits per heavy atom. The molecule has 1 N–H and O–H groups in total. The van der Waals surface area contributed by atoms with Gasteiger partial charge < -0.3 is 5.32 Å². The molecule has 0 radical (unpaired) electrons. The van der Waals surface area contributed by atoms with Gasteiger partial charge in [-0.05, 0) is 44.1 Å². The number of hydrogen-bond donors (Lipinski definition) is 1. The van der Waals surface area contributed by atoms with Gasteiger partial charge in [-0.15, -0.1) is 0 Å². The number of fused-ring (bicyclic) bond motifs is 2. The van der Waals surface area contributed by atoms with Crippen LogP contribution < -0.4 is 5.32 Å². The van der Waals surface area contributed by atoms with Crippen LogP contribution in [0.15, 0.2) is 0 Å². The number of hydrogen-bond acceptors (Lipinski definition) is 1. The molecule has 0 saturated heterocycles. The summed E-state index contributed by atoms with van der Waals surface area (Å²) in [5.74, 6) is 3.02. The minimum Gasteiger partial charge on any atom is -0.316 e. The third-order valence-electron chi connectivity index (χ3n) is 3.66. The van der Waals surface area contributed by atoms with E-state index < -0.39 is 0 Å². The number of rotatable bonds is 1. The normalized spacial score (nSPS) is 52.2. The van der Waals surface area contributed by atoms with Crippen LogP contribution in [0.2, 0.25) is 0 Å². The molecule has 2 saturated carbocycles. The van der Waals surface area contributed by atoms with Gasteiger partial charge in [-0.25, -0.2) is 0 Å². The highest BCUT2D eigenvalue weighted by Crippen LogP contribution is 2.47. The molecule has 0 heterocycles. The molecule has 0 aromatic carbocycles. The lowest BCUT2D eigenvalue weighted by atomic mass is 9.86. The fourth-order valence-corrected chi connectivity index (χ4v) is 3.08. The Labute approximate surface area is 63.2 Å². The van der Waals surface area contributed by atoms with Crippen molar-refractivity contribution in [3.8, 4) is 0 Å². The van der Waals surface area contributed by atoms with Crippen LogP contribution in [0.5, 0.6) is 0 Å². The molecule has 2 bridgehead atoms. The Kier molecular flexibility index (Phi) is 1.48. The van der Waals surface area contributed by atoms with E-state index in [9.17, 15) is 0 Å². The van der Waals surface area contributed by atoms with E-state index >= 15 is 0 Å². The van der Waals surface area contributed by atoms with Crippen LogP contribution in [0.4, 0.5) is 0 Å². The van der Waals surface area contributed by atoms with Crippen molar-refractivity contribution in [1.29, 1.82) is 0 Å². The smallest absolute Gasteiger partial charge is 0.0121 e. The summed E-state index contributed by atoms with van der Waals surface area (Å²) < 4.78 is 0. The highest BCUT2D eigenvalue weighted by atomic mass is 14.9. The summed E-state index contributed by atoms with van der Waals surface area (Å²) in [6.45, 7) is 2.41. The Bertz CT molecular complexity index is 131. The molecule has 0 spiro atoms. The van der Waals surface area contributed by atoms with Crippen molar-refractivity contribution in [3.63, 3.8) is 0 Å². The maximum absolute atomic E-state index is 3.45. The van der Waals surface area contributed by atoms with Gasteiger partial charge in [0, 0.05) is 6.04 Å². The summed E-state index contributed by atoms with van der Waals surface area (Å²) in [4.78, 5) is 0. The van der Waals surface area contributed by atoms with Crippen LogP contribution in [-0.4, -0.2) is 13.1 Å². The van der Waals surface area contributed by atoms with Crippen molar-refractivity contribution in [2.75, 3.05) is 7.05 Å². The summed E-state index contributed by atoms with van der Waals surface area (Å²) in [7, 11) is 2.11. The van der Waals surface area contributed by atoms with Crippen LogP contribution in [0.3, 0.4) is 0 Å². The van der Waals surface area contributed by atoms with E-state index in [2.05, 4.69) is 19.3 Å². The van der Waals surface area contributed by atoms with Crippen molar-refractivity contribution < 1.29 is 0 Å². The van der Waals surface area contributed by atoms with Gasteiger partial charge in [-0.3, -0.25) is 0 Å². The summed E-state index contributed by atoms with van der Waals surface area (Å²) in [5.41, 5.74) is 0. The minimum atomic E-state index is 0.846. The summed E-state index contributed by atoms with van der Waals surface area (Å²) >= 11 is 0. The first kappa shape index (κ1) is 6.66. The van der Waals surface area contributed by atoms with Crippen LogP contribution in [0, 0.1) is 17.8 Å². The standard InChI is InChI=1S/C9H17N/c1-6-7-3-4-8(5-7)9(6)10-2/h6-10H,3-5H2,1-2H3/t6-,7+,8-,9-/m0/s1. The third kappa shape index (κ3) is 0.731. The monoisotopic (exact) mass is 139 g/mol. The molecule has 58 valence electrons. The first-order valence-corrected chi connectivity index (χ1v) is 4.50. The predicted molar refractivity (Wildman–Crippen MR) is 42.8 cm³/mol. The molecule has 2 aliphatic rings. The van der Waals surface area contributed by atoms with Crippen LogP contribution in [0.25, 0.3) is 0 Å². The summed E-state index contributed by atoms with van der Waals surface area (Å²) in [5, 5.41) is 3.45. The maximum atomic E-state index is 3.45. The fourth-order valence-electron chi connectivity index (χ4n) is 3.08. The van der Waals surface area contributed by atoms with Crippen molar-refractivity contribution in [3.05, 3.63) is 0 Å². The molecule has 10 heavy (non-hydrogen) atoms. The molecule has 0 amide bonds. The first-order valence-electron chi connectivity index (χ1n) is 4.50. The average molecular weight is 139 g/mol. The van der Waals surface area contributed by atoms with E-state index in [0.717, 1.165) is 23.8 Å². The lowest BCUT2D eigenvalue weighted by Crippen LogP contribution is -2.36. The molecular weight excluding hydrogens is 122 g/mol. The largest absolute Gasteiger partial charge is 0.316 e. The van der Waals surface area contributed by atoms with E-state index in [1.54, 1.807) is 0 Å². The lowest BCUT2D eigenvalue weighted by molar-refractivity contribution is 0.277. The average Bonchev–Trinajstić information content (AvgIpc) is 2.46. The zero-order valence-corrected chi connectivity index (χ0v) is 6.93. The van der Waals surface area contributed by atoms with Gasteiger partial charge in [-0.2, -0.15) is 0 Å². The SMILES string of the molecule is CN[C@@H]1[C@H]2CC[C@H](C2)[C@@H]1C. The Morgan fingerprint density at radius 1 is 1.20 bits per heavy atom. The summed E-state index contributed by atoms with van der Waals surface area (Å²) in [6.07, 6.45) is 4.50. The van der Waals surface area contributed by atoms with Gasteiger partial charge in [0.25, 0.3) is 0 Å². The molecule has 0 aromatic rings. The second-order valence-corrected chi connectivity index (χ2v) is 4.01. The van der Waals surface area contributed by atoms with Gasteiger partial charge in [-0.1, -0.05) is 6.92 Å². The third-order valence-corrected chi connectivity index (χ3v) is 3.66. The quantitative estimate of drug-likeness (QED) is 0.582. The van der Waals surface area contributed by atoms with Gasteiger partial charge in [0.2, 0.25) is 0 Å². The van der Waals surface area contributed by atoms with E-state index in [4.69, 9.17) is 0 Å². The van der Waals surface area contributed by atoms with E-state index in [-0.39, 0.29) is 0 Å². The molecule has 2 rings (SSSR count). The molecule has 1 heteroatoms. The van der Waals surface area contributed by atoms with Crippen LogP contribution in [0.1, 0.15) is 26.2 Å². The fraction of sp³-hybridized carbons (Fsp3) is 1.00. The van der Waals surface area contributed by atoms with Gasteiger partial charge in [0.1, 0.15) is 0 Å². The van der Waals surface area contributed by atoms with E-state index in [0.29, 0.717) is 0 Å². The molecule has 0 unspecified atom stereocenters. The molecular formula is C9H17N. The highest BCUT2D eigenvalue weighted by molar-refractivity contribution is 4.97. The maximum Gasteiger partial charge on any atom is 0.0121 e. The van der Waals surface area contributed by atoms with Gasteiger partial charge >= 0.3 is 0 Å². The van der Waals surface area contributed by atoms with Gasteiger partial charge in [0.05, 0.1) is 0 Å². The zero-order chi connectivity index (χ0) is 7.14. The van der Waals surface area contributed by atoms with Gasteiger partial charge in [0.15, 0.2) is 0 Å². The lowest BCUT2D eigenvalue weighted by Gasteiger charge is -2.27. The minimum absolute atomic E-state index is 0.846. The molecule has 0 aliphatic heterocycles. The summed E-state index contributed by atoms with van der Waals surface area (Å²) in [6, 6.07) is 0.846. The Balaban J connectivity index is 2.10. The zero-order valence-electron chi connectivity index (χ0n) is 6.93. The molecule has 4 atom stereocenters. The van der Waals surface area contributed by atoms with E-state index in [1.807, 2.05) is 0 Å². The Morgan fingerprint density at radius 3 is 2.30 bits per heavy atom. The highest BCUT2D eigenvalue weighted by Gasteiger charge is 2.44. The van der Waals surface area contributed by atoms with Crippen LogP contribution in [-0.2, 0) is 0 Å². The molecule has 1 nitrogen and oxygen atoms in total. The number of nitrogens with one attached hydrogen (secondary N) is 1. The van der Waals surface area contributed by atoms with Crippen molar-refractivity contribution in [2.24, 2.45) is 17.8 Å². The molecule has 2 fully saturated rings. The topological polar surface area (TPSA) is 12.0 Å². The molecule has 2 aliphatic carbocycles. The van der Waals surface area contributed by atoms with Crippen molar-refractivity contribution in [2.45, 2.75) is 32.2 Å².